The van der Waals surface area contributed by atoms with E-state index in [2.05, 4.69) is 6.58 Å². The Balaban J connectivity index is 4.64. The highest BCUT2D eigenvalue weighted by Gasteiger charge is 2.31. The fraction of sp³-hybridized carbons (Fsp3) is 0.727. The lowest BCUT2D eigenvalue weighted by molar-refractivity contribution is -0.160. The van der Waals surface area contributed by atoms with Gasteiger partial charge < -0.3 is 4.74 Å². The number of ether oxygens (including phenoxy) is 1. The topological polar surface area (TPSA) is 71.1 Å². The van der Waals surface area contributed by atoms with Crippen molar-refractivity contribution in [2.75, 3.05) is 13.2 Å². The van der Waals surface area contributed by atoms with E-state index in [9.17, 15) is 9.36 Å². The molecule has 0 fully saturated rings. The molecule has 0 aromatic carbocycles. The molecule has 0 saturated carbocycles. The second kappa shape index (κ2) is 9.28. The molecule has 0 heterocycles. The molecule has 1 atom stereocenters. The van der Waals surface area contributed by atoms with Gasteiger partial charge in [-0.3, -0.25) is 9.05 Å². The van der Waals surface area contributed by atoms with Crippen LogP contribution in [0.25, 0.3) is 0 Å². The Bertz CT molecular complexity index is 294. The quantitative estimate of drug-likeness (QED) is 0.265. The van der Waals surface area contributed by atoms with Crippen LogP contribution in [0.4, 0.5) is 0 Å². The van der Waals surface area contributed by atoms with E-state index in [-0.39, 0.29) is 13.2 Å². The van der Waals surface area contributed by atoms with Gasteiger partial charge in [0.2, 0.25) is 6.29 Å². The molecule has 0 aliphatic carbocycles. The molecule has 0 aliphatic heterocycles. The molecule has 0 N–H and O–H groups in total. The van der Waals surface area contributed by atoms with Crippen molar-refractivity contribution in [1.82, 2.24) is 0 Å². The largest absolute Gasteiger partial charge is 0.477 e. The van der Waals surface area contributed by atoms with E-state index in [1.54, 1.807) is 13.8 Å². The van der Waals surface area contributed by atoms with Gasteiger partial charge in [-0.25, -0.2) is 13.9 Å². The van der Waals surface area contributed by atoms with Crippen molar-refractivity contribution in [2.45, 2.75) is 39.9 Å². The standard InChI is InChI=1S/C11H21O6P/c1-5-9-11(16-10(12)6-2)17-18(13,14-7-3)15-8-4/h6,11H,2,5,7-9H2,1,3-4H3. The van der Waals surface area contributed by atoms with Crippen LogP contribution in [0.1, 0.15) is 33.6 Å². The predicted octanol–water partition coefficient (Wildman–Crippen LogP) is 3.04. The molecular weight excluding hydrogens is 259 g/mol. The lowest BCUT2D eigenvalue weighted by Gasteiger charge is -2.22. The van der Waals surface area contributed by atoms with Crippen LogP contribution in [-0.4, -0.2) is 25.5 Å². The summed E-state index contributed by atoms with van der Waals surface area (Å²) in [6.45, 7) is 8.84. The number of rotatable bonds is 10. The van der Waals surface area contributed by atoms with Crippen molar-refractivity contribution in [3.05, 3.63) is 12.7 Å². The van der Waals surface area contributed by atoms with Gasteiger partial charge in [0.05, 0.1) is 13.2 Å². The zero-order chi connectivity index (χ0) is 14.0. The predicted molar refractivity (Wildman–Crippen MR) is 66.9 cm³/mol. The maximum absolute atomic E-state index is 12.1. The SMILES string of the molecule is C=CC(=O)OC(CCC)OP(=O)(OCC)OCC. The number of esters is 1. The third-order valence-corrected chi connectivity index (χ3v) is 3.40. The van der Waals surface area contributed by atoms with Crippen LogP contribution in [0.2, 0.25) is 0 Å². The number of hydrogen-bond acceptors (Lipinski definition) is 6. The van der Waals surface area contributed by atoms with Gasteiger partial charge in [-0.2, -0.15) is 0 Å². The first-order valence-electron chi connectivity index (χ1n) is 5.91. The Morgan fingerprint density at radius 1 is 1.28 bits per heavy atom. The zero-order valence-corrected chi connectivity index (χ0v) is 12.0. The van der Waals surface area contributed by atoms with Crippen molar-refractivity contribution < 1.29 is 27.7 Å². The number of carbonyl (C=O) groups excluding carboxylic acids is 1. The van der Waals surface area contributed by atoms with Gasteiger partial charge >= 0.3 is 13.8 Å². The molecule has 0 amide bonds. The summed E-state index contributed by atoms with van der Waals surface area (Å²) in [6, 6.07) is 0. The fourth-order valence-corrected chi connectivity index (χ4v) is 2.37. The number of hydrogen-bond donors (Lipinski definition) is 0. The van der Waals surface area contributed by atoms with E-state index < -0.39 is 20.1 Å². The van der Waals surface area contributed by atoms with Crippen LogP contribution in [0, 0.1) is 0 Å². The first kappa shape index (κ1) is 17.3. The zero-order valence-electron chi connectivity index (χ0n) is 11.1. The molecule has 0 aromatic heterocycles. The second-order valence-electron chi connectivity index (χ2n) is 3.25. The highest BCUT2D eigenvalue weighted by atomic mass is 31.2. The molecule has 0 rings (SSSR count). The fourth-order valence-electron chi connectivity index (χ4n) is 1.10. The summed E-state index contributed by atoms with van der Waals surface area (Å²) in [5.41, 5.74) is 0. The summed E-state index contributed by atoms with van der Waals surface area (Å²) >= 11 is 0. The highest BCUT2D eigenvalue weighted by Crippen LogP contribution is 2.50. The van der Waals surface area contributed by atoms with Gasteiger partial charge in [0, 0.05) is 12.5 Å². The summed E-state index contributed by atoms with van der Waals surface area (Å²) in [6.07, 6.45) is 1.12. The van der Waals surface area contributed by atoms with Crippen LogP contribution in [0.15, 0.2) is 12.7 Å². The molecule has 1 unspecified atom stereocenters. The molecule has 0 aromatic rings. The summed E-state index contributed by atoms with van der Waals surface area (Å²) < 4.78 is 32.1. The molecule has 6 nitrogen and oxygen atoms in total. The molecule has 106 valence electrons. The van der Waals surface area contributed by atoms with E-state index in [0.717, 1.165) is 6.08 Å². The van der Waals surface area contributed by atoms with E-state index in [0.29, 0.717) is 12.8 Å². The van der Waals surface area contributed by atoms with Crippen LogP contribution >= 0.6 is 7.82 Å². The number of phosphoric acid groups is 1. The molecule has 0 saturated heterocycles. The van der Waals surface area contributed by atoms with Gasteiger partial charge in [-0.1, -0.05) is 19.9 Å². The molecule has 0 spiro atoms. The van der Waals surface area contributed by atoms with Crippen LogP contribution in [-0.2, 0) is 27.7 Å². The average Bonchev–Trinajstić information content (AvgIpc) is 2.29. The Kier molecular flexibility index (Phi) is 8.93. The minimum absolute atomic E-state index is 0.172. The van der Waals surface area contributed by atoms with Gasteiger partial charge in [-0.15, -0.1) is 0 Å². The van der Waals surface area contributed by atoms with Crippen LogP contribution < -0.4 is 0 Å². The normalized spacial score (nSPS) is 13.1. The minimum Gasteiger partial charge on any atom is -0.432 e. The van der Waals surface area contributed by atoms with Gasteiger partial charge in [-0.05, 0) is 13.8 Å². The Morgan fingerprint density at radius 2 is 1.83 bits per heavy atom. The maximum atomic E-state index is 12.1. The van der Waals surface area contributed by atoms with E-state index >= 15 is 0 Å². The molecule has 7 heteroatoms. The molecule has 0 radical (unpaired) electrons. The van der Waals surface area contributed by atoms with Gasteiger partial charge in [0.15, 0.2) is 0 Å². The monoisotopic (exact) mass is 280 g/mol. The molecule has 0 bridgehead atoms. The summed E-state index contributed by atoms with van der Waals surface area (Å²) in [7, 11) is -3.68. The highest BCUT2D eigenvalue weighted by molar-refractivity contribution is 7.48. The van der Waals surface area contributed by atoms with Crippen molar-refractivity contribution in [3.63, 3.8) is 0 Å². The van der Waals surface area contributed by atoms with Crippen molar-refractivity contribution in [1.29, 1.82) is 0 Å². The summed E-state index contributed by atoms with van der Waals surface area (Å²) in [5, 5.41) is 0. The Labute approximate surface area is 108 Å². The smallest absolute Gasteiger partial charge is 0.432 e. The van der Waals surface area contributed by atoms with E-state index in [1.165, 1.54) is 0 Å². The van der Waals surface area contributed by atoms with E-state index in [1.807, 2.05) is 6.92 Å². The van der Waals surface area contributed by atoms with Crippen molar-refractivity contribution in [3.8, 4) is 0 Å². The van der Waals surface area contributed by atoms with Crippen LogP contribution in [0.3, 0.4) is 0 Å². The first-order chi connectivity index (χ1) is 8.51. The average molecular weight is 280 g/mol. The molecule has 18 heavy (non-hydrogen) atoms. The lowest BCUT2D eigenvalue weighted by Crippen LogP contribution is -2.20. The third-order valence-electron chi connectivity index (χ3n) is 1.76. The molecule has 0 aliphatic rings. The van der Waals surface area contributed by atoms with E-state index in [4.69, 9.17) is 18.3 Å². The second-order valence-corrected chi connectivity index (χ2v) is 4.87. The summed E-state index contributed by atoms with van der Waals surface area (Å²) in [4.78, 5) is 11.1. The first-order valence-corrected chi connectivity index (χ1v) is 7.37. The Morgan fingerprint density at radius 3 is 2.22 bits per heavy atom. The van der Waals surface area contributed by atoms with Crippen molar-refractivity contribution >= 4 is 13.8 Å². The Hall–Kier alpha value is -0.680. The minimum atomic E-state index is -3.68. The number of carbonyl (C=O) groups is 1. The van der Waals surface area contributed by atoms with Crippen molar-refractivity contribution in [2.24, 2.45) is 0 Å². The summed E-state index contributed by atoms with van der Waals surface area (Å²) in [5.74, 6) is -0.645. The van der Waals surface area contributed by atoms with Crippen LogP contribution in [0.5, 0.6) is 0 Å². The van der Waals surface area contributed by atoms with Gasteiger partial charge in [0.1, 0.15) is 0 Å². The van der Waals surface area contributed by atoms with Gasteiger partial charge in [0.25, 0.3) is 0 Å². The third kappa shape index (κ3) is 6.91. The maximum Gasteiger partial charge on any atom is 0.477 e. The molecular formula is C11H21O6P. The number of phosphoric ester groups is 1. The lowest BCUT2D eigenvalue weighted by atomic mass is 10.3.